The molecule has 18 heavy (non-hydrogen) atoms. The fraction of sp³-hybridized carbons (Fsp3) is 0.538. The molecule has 1 saturated heterocycles. The molecule has 4 nitrogen and oxygen atoms in total. The van der Waals surface area contributed by atoms with Crippen molar-refractivity contribution < 1.29 is 8.90 Å². The maximum absolute atomic E-state index is 5.54. The molecule has 0 aromatic carbocycles. The summed E-state index contributed by atoms with van der Waals surface area (Å²) in [5.74, 6) is 0.653. The monoisotopic (exact) mass is 264 g/mol. The summed E-state index contributed by atoms with van der Waals surface area (Å²) in [6, 6.07) is 0. The normalized spacial score (nSPS) is 18.3. The third-order valence-corrected chi connectivity index (χ3v) is 4.35. The van der Waals surface area contributed by atoms with Gasteiger partial charge in [0.2, 0.25) is 5.89 Å². The van der Waals surface area contributed by atoms with Crippen molar-refractivity contribution in [1.29, 1.82) is 0 Å². The molecule has 0 amide bonds. The van der Waals surface area contributed by atoms with Gasteiger partial charge in [-0.15, -0.1) is 11.3 Å². The summed E-state index contributed by atoms with van der Waals surface area (Å²) in [5.41, 5.74) is 1.90. The van der Waals surface area contributed by atoms with Crippen molar-refractivity contribution in [2.24, 2.45) is 0 Å². The van der Waals surface area contributed by atoms with Gasteiger partial charge in [0.25, 0.3) is 0 Å². The van der Waals surface area contributed by atoms with Crippen LogP contribution in [0.5, 0.6) is 0 Å². The van der Waals surface area contributed by atoms with Crippen LogP contribution in [0.4, 0.5) is 0 Å². The van der Waals surface area contributed by atoms with Crippen molar-refractivity contribution in [3.05, 3.63) is 22.3 Å². The van der Waals surface area contributed by atoms with E-state index in [1.54, 1.807) is 17.6 Å². The Bertz CT molecular complexity index is 540. The number of oxazole rings is 1. The zero-order chi connectivity index (χ0) is 12.6. The van der Waals surface area contributed by atoms with Gasteiger partial charge in [-0.05, 0) is 6.92 Å². The smallest absolute Gasteiger partial charge is 0.246 e. The molecule has 1 fully saturated rings. The molecule has 1 aliphatic heterocycles. The van der Waals surface area contributed by atoms with Crippen molar-refractivity contribution in [2.45, 2.75) is 26.3 Å². The largest absolute Gasteiger partial charge is 0.443 e. The minimum Gasteiger partial charge on any atom is -0.443 e. The summed E-state index contributed by atoms with van der Waals surface area (Å²) < 4.78 is 6.63. The summed E-state index contributed by atoms with van der Waals surface area (Å²) in [6.07, 6.45) is 4.44. The summed E-state index contributed by atoms with van der Waals surface area (Å²) >= 11 is 1.63. The second-order valence-corrected chi connectivity index (χ2v) is 6.39. The van der Waals surface area contributed by atoms with E-state index < -0.39 is 0 Å². The highest BCUT2D eigenvalue weighted by Crippen LogP contribution is 2.24. The van der Waals surface area contributed by atoms with Crippen LogP contribution in [-0.2, 0) is 6.54 Å². The Morgan fingerprint density at radius 1 is 1.33 bits per heavy atom. The Kier molecular flexibility index (Phi) is 2.95. The number of rotatable bonds is 3. The highest BCUT2D eigenvalue weighted by molar-refractivity contribution is 7.09. The number of hydrogen-bond acceptors (Lipinski definition) is 4. The summed E-state index contributed by atoms with van der Waals surface area (Å²) in [7, 11) is 2.30. The Hall–Kier alpha value is -1.20. The predicted octanol–water partition coefficient (Wildman–Crippen LogP) is 2.85. The summed E-state index contributed by atoms with van der Waals surface area (Å²) in [6.45, 7) is 5.46. The fourth-order valence-electron chi connectivity index (χ4n) is 2.61. The molecule has 2 aromatic rings. The summed E-state index contributed by atoms with van der Waals surface area (Å²) in [4.78, 5) is 8.96. The second-order valence-electron chi connectivity index (χ2n) is 5.33. The van der Waals surface area contributed by atoms with Crippen molar-refractivity contribution in [3.63, 3.8) is 0 Å². The lowest BCUT2D eigenvalue weighted by atomic mass is 10.4. The molecular formula is C13H18N3OS+. The van der Waals surface area contributed by atoms with Gasteiger partial charge in [-0.3, -0.25) is 0 Å². The lowest BCUT2D eigenvalue weighted by Gasteiger charge is -2.27. The first-order valence-electron chi connectivity index (χ1n) is 6.35. The van der Waals surface area contributed by atoms with Crippen molar-refractivity contribution >= 4 is 11.3 Å². The first-order valence-corrected chi connectivity index (χ1v) is 7.23. The van der Waals surface area contributed by atoms with Crippen molar-refractivity contribution in [3.8, 4) is 11.6 Å². The van der Waals surface area contributed by atoms with E-state index in [1.165, 1.54) is 25.9 Å². The van der Waals surface area contributed by atoms with Crippen LogP contribution in [0.3, 0.4) is 0 Å². The van der Waals surface area contributed by atoms with Gasteiger partial charge in [-0.25, -0.2) is 9.97 Å². The number of aryl methyl sites for hydroxylation is 1. The van der Waals surface area contributed by atoms with Gasteiger partial charge >= 0.3 is 0 Å². The quantitative estimate of drug-likeness (QED) is 0.800. The van der Waals surface area contributed by atoms with Crippen LogP contribution in [0.15, 0.2) is 16.1 Å². The maximum atomic E-state index is 5.54. The Balaban J connectivity index is 1.77. The van der Waals surface area contributed by atoms with Crippen molar-refractivity contribution in [2.75, 3.05) is 20.1 Å². The molecule has 0 aliphatic carbocycles. The molecule has 0 atom stereocenters. The highest BCUT2D eigenvalue weighted by Gasteiger charge is 2.28. The third-order valence-electron chi connectivity index (χ3n) is 3.58. The molecule has 0 spiro atoms. The SMILES string of the molecule is Cc1nc(-c2nc(C[N+]3(C)CCCC3)co2)cs1. The average Bonchev–Trinajstić information content (AvgIpc) is 3.01. The molecule has 2 aromatic heterocycles. The van der Waals surface area contributed by atoms with Crippen LogP contribution >= 0.6 is 11.3 Å². The standard InChI is InChI=1S/C13H18N3OS/c1-10-14-12(9-18-10)13-15-11(8-17-13)7-16(2)5-3-4-6-16/h8-9H,3-7H2,1-2H3/q+1. The number of likely N-dealkylation sites (tertiary alicyclic amines) is 1. The van der Waals surface area contributed by atoms with Crippen LogP contribution in [0.25, 0.3) is 11.6 Å². The van der Waals surface area contributed by atoms with Gasteiger partial charge < -0.3 is 8.90 Å². The molecule has 0 N–H and O–H groups in total. The number of quaternary nitrogens is 1. The van der Waals surface area contributed by atoms with Gasteiger partial charge in [-0.2, -0.15) is 0 Å². The molecule has 5 heteroatoms. The first-order chi connectivity index (χ1) is 8.65. The van der Waals surface area contributed by atoms with Crippen LogP contribution in [0.1, 0.15) is 23.5 Å². The average molecular weight is 264 g/mol. The van der Waals surface area contributed by atoms with E-state index in [1.807, 2.05) is 12.3 Å². The van der Waals surface area contributed by atoms with Crippen LogP contribution in [0, 0.1) is 6.92 Å². The number of aromatic nitrogens is 2. The Morgan fingerprint density at radius 3 is 2.78 bits per heavy atom. The zero-order valence-electron chi connectivity index (χ0n) is 10.8. The molecule has 0 radical (unpaired) electrons. The Morgan fingerprint density at radius 2 is 2.11 bits per heavy atom. The molecule has 3 rings (SSSR count). The van der Waals surface area contributed by atoms with E-state index in [9.17, 15) is 0 Å². The van der Waals surface area contributed by atoms with E-state index in [-0.39, 0.29) is 0 Å². The molecule has 0 bridgehead atoms. The van der Waals surface area contributed by atoms with Gasteiger partial charge in [0.1, 0.15) is 24.2 Å². The van der Waals surface area contributed by atoms with E-state index in [4.69, 9.17) is 4.42 Å². The van der Waals surface area contributed by atoms with Crippen LogP contribution in [-0.4, -0.2) is 34.6 Å². The number of nitrogens with zero attached hydrogens (tertiary/aromatic N) is 3. The third kappa shape index (κ3) is 2.33. The minimum absolute atomic E-state index is 0.653. The summed E-state index contributed by atoms with van der Waals surface area (Å²) in [5, 5.41) is 3.04. The molecule has 1 aliphatic rings. The molecule has 3 heterocycles. The number of thiazole rings is 1. The topological polar surface area (TPSA) is 38.9 Å². The lowest BCUT2D eigenvalue weighted by molar-refractivity contribution is -0.911. The molecule has 0 unspecified atom stereocenters. The Labute approximate surface area is 111 Å². The van der Waals surface area contributed by atoms with E-state index >= 15 is 0 Å². The van der Waals surface area contributed by atoms with Crippen LogP contribution in [0.2, 0.25) is 0 Å². The first kappa shape index (κ1) is 11.9. The second kappa shape index (κ2) is 4.48. The molecule has 96 valence electrons. The van der Waals surface area contributed by atoms with E-state index in [2.05, 4.69) is 17.0 Å². The maximum Gasteiger partial charge on any atom is 0.246 e. The van der Waals surface area contributed by atoms with Crippen LogP contribution < -0.4 is 0 Å². The van der Waals surface area contributed by atoms with Gasteiger partial charge in [-0.1, -0.05) is 0 Å². The molecule has 0 saturated carbocycles. The minimum atomic E-state index is 0.653. The van der Waals surface area contributed by atoms with Gasteiger partial charge in [0.05, 0.1) is 25.1 Å². The van der Waals surface area contributed by atoms with Gasteiger partial charge in [0.15, 0.2) is 0 Å². The van der Waals surface area contributed by atoms with E-state index in [0.717, 1.165) is 27.4 Å². The van der Waals surface area contributed by atoms with Gasteiger partial charge in [0, 0.05) is 18.2 Å². The van der Waals surface area contributed by atoms with Crippen molar-refractivity contribution in [1.82, 2.24) is 9.97 Å². The molecular weight excluding hydrogens is 246 g/mol. The number of hydrogen-bond donors (Lipinski definition) is 0. The van der Waals surface area contributed by atoms with E-state index in [0.29, 0.717) is 5.89 Å². The predicted molar refractivity (Wildman–Crippen MR) is 71.2 cm³/mol. The zero-order valence-corrected chi connectivity index (χ0v) is 11.7. The fourth-order valence-corrected chi connectivity index (χ4v) is 3.19. The lowest BCUT2D eigenvalue weighted by Crippen LogP contribution is -2.39. The highest BCUT2D eigenvalue weighted by atomic mass is 32.1.